The first kappa shape index (κ1) is 24.3. The highest BCUT2D eigenvalue weighted by atomic mass is 35.5. The number of halogens is 4. The molecular weight excluding hydrogens is 447 g/mol. The van der Waals surface area contributed by atoms with E-state index in [9.17, 15) is 22.0 Å². The lowest BCUT2D eigenvalue weighted by atomic mass is 9.72. The van der Waals surface area contributed by atoms with Crippen LogP contribution >= 0.6 is 24.8 Å². The molecule has 2 bridgehead atoms. The average molecular weight is 472 g/mol. The van der Waals surface area contributed by atoms with Crippen molar-refractivity contribution in [3.05, 3.63) is 29.8 Å². The van der Waals surface area contributed by atoms with Gasteiger partial charge in [-0.25, -0.2) is 21.9 Å². The van der Waals surface area contributed by atoms with Gasteiger partial charge < -0.3 is 10.2 Å². The molecule has 2 N–H and O–H groups in total. The van der Waals surface area contributed by atoms with Gasteiger partial charge in [0.2, 0.25) is 15.9 Å². The van der Waals surface area contributed by atoms with Gasteiger partial charge in [-0.1, -0.05) is 0 Å². The summed E-state index contributed by atoms with van der Waals surface area (Å²) in [6, 6.07) is 2.42. The fourth-order valence-corrected chi connectivity index (χ4v) is 5.88. The average Bonchev–Trinajstić information content (AvgIpc) is 2.64. The molecule has 6 nitrogen and oxygen atoms in total. The van der Waals surface area contributed by atoms with Crippen molar-refractivity contribution < 1.29 is 22.0 Å². The molecule has 29 heavy (non-hydrogen) atoms. The van der Waals surface area contributed by atoms with Gasteiger partial charge in [0, 0.05) is 25.0 Å². The van der Waals surface area contributed by atoms with Crippen LogP contribution in [0.2, 0.25) is 0 Å². The lowest BCUT2D eigenvalue weighted by molar-refractivity contribution is -0.148. The number of sulfonamides is 1. The fourth-order valence-electron chi connectivity index (χ4n) is 4.82. The predicted molar refractivity (Wildman–Crippen MR) is 109 cm³/mol. The van der Waals surface area contributed by atoms with E-state index in [0.29, 0.717) is 18.4 Å². The Balaban J connectivity index is 0.00000150. The van der Waals surface area contributed by atoms with E-state index in [2.05, 4.69) is 10.0 Å². The lowest BCUT2D eigenvalue weighted by Gasteiger charge is -2.54. The van der Waals surface area contributed by atoms with Crippen LogP contribution < -0.4 is 10.0 Å². The van der Waals surface area contributed by atoms with E-state index in [1.807, 2.05) is 4.90 Å². The van der Waals surface area contributed by atoms with Crippen LogP contribution in [0.3, 0.4) is 0 Å². The van der Waals surface area contributed by atoms with Crippen LogP contribution in [0.4, 0.5) is 8.78 Å². The molecule has 0 unspecified atom stereocenters. The topological polar surface area (TPSA) is 78.5 Å². The maximum atomic E-state index is 13.4. The van der Waals surface area contributed by atoms with Gasteiger partial charge in [0.1, 0.15) is 0 Å². The molecule has 3 saturated heterocycles. The van der Waals surface area contributed by atoms with Gasteiger partial charge in [-0.3, -0.25) is 4.79 Å². The number of fused-ring (bicyclic) bond motifs is 4. The Morgan fingerprint density at radius 2 is 1.86 bits per heavy atom. The quantitative estimate of drug-likeness (QED) is 0.704. The number of carbonyl (C=O) groups excluding carboxylic acids is 1. The van der Waals surface area contributed by atoms with Crippen LogP contribution in [0.5, 0.6) is 0 Å². The van der Waals surface area contributed by atoms with Crippen LogP contribution in [0, 0.1) is 23.5 Å². The zero-order chi connectivity index (χ0) is 19.2. The van der Waals surface area contributed by atoms with Gasteiger partial charge in [0.15, 0.2) is 11.6 Å². The van der Waals surface area contributed by atoms with Crippen molar-refractivity contribution in [1.29, 1.82) is 0 Å². The van der Waals surface area contributed by atoms with Gasteiger partial charge in [0.05, 0.1) is 4.90 Å². The minimum absolute atomic E-state index is 0. The molecule has 0 aliphatic carbocycles. The second-order valence-corrected chi connectivity index (χ2v) is 9.44. The summed E-state index contributed by atoms with van der Waals surface area (Å²) < 4.78 is 54.1. The molecule has 4 atom stereocenters. The number of nitrogens with one attached hydrogen (secondary N) is 2. The van der Waals surface area contributed by atoms with E-state index < -0.39 is 21.7 Å². The van der Waals surface area contributed by atoms with E-state index in [4.69, 9.17) is 0 Å². The van der Waals surface area contributed by atoms with Crippen LogP contribution in [0.25, 0.3) is 0 Å². The minimum Gasteiger partial charge on any atom is -0.335 e. The molecule has 3 aliphatic rings. The van der Waals surface area contributed by atoms with Crippen molar-refractivity contribution in [3.8, 4) is 0 Å². The van der Waals surface area contributed by atoms with E-state index in [1.54, 1.807) is 0 Å². The minimum atomic E-state index is -4.00. The highest BCUT2D eigenvalue weighted by Gasteiger charge is 2.47. The summed E-state index contributed by atoms with van der Waals surface area (Å²) >= 11 is 0. The summed E-state index contributed by atoms with van der Waals surface area (Å²) in [5.74, 6) is -1.63. The lowest BCUT2D eigenvalue weighted by Crippen LogP contribution is -2.66. The van der Waals surface area contributed by atoms with Crippen molar-refractivity contribution in [3.63, 3.8) is 0 Å². The predicted octanol–water partition coefficient (Wildman–Crippen LogP) is 2.08. The van der Waals surface area contributed by atoms with Crippen molar-refractivity contribution in [2.24, 2.45) is 11.8 Å². The van der Waals surface area contributed by atoms with Gasteiger partial charge in [-0.05, 0) is 62.4 Å². The molecule has 0 spiro atoms. The zero-order valence-electron chi connectivity index (χ0n) is 15.6. The highest BCUT2D eigenvalue weighted by molar-refractivity contribution is 7.89. The molecule has 1 aromatic rings. The molecule has 1 amide bonds. The number of piperidine rings is 3. The summed E-state index contributed by atoms with van der Waals surface area (Å²) in [5, 5.41) is 3.40. The monoisotopic (exact) mass is 471 g/mol. The van der Waals surface area contributed by atoms with E-state index in [-0.39, 0.29) is 60.2 Å². The first-order valence-corrected chi connectivity index (χ1v) is 10.8. The van der Waals surface area contributed by atoms with E-state index >= 15 is 0 Å². The van der Waals surface area contributed by atoms with E-state index in [1.165, 1.54) is 0 Å². The number of nitrogens with zero attached hydrogens (tertiary/aromatic N) is 1. The molecule has 0 radical (unpaired) electrons. The Labute approximate surface area is 181 Å². The third kappa shape index (κ3) is 4.69. The Bertz CT molecular complexity index is 859. The summed E-state index contributed by atoms with van der Waals surface area (Å²) in [4.78, 5) is 14.2. The summed E-state index contributed by atoms with van der Waals surface area (Å²) in [6.07, 6.45) is 3.28. The Hall–Kier alpha value is -1.00. The maximum Gasteiger partial charge on any atom is 0.240 e. The van der Waals surface area contributed by atoms with Gasteiger partial charge in [-0.15, -0.1) is 24.8 Å². The second kappa shape index (κ2) is 9.43. The molecule has 164 valence electrons. The summed E-state index contributed by atoms with van der Waals surface area (Å²) in [6.45, 7) is 1.70. The zero-order valence-corrected chi connectivity index (χ0v) is 18.1. The van der Waals surface area contributed by atoms with Crippen molar-refractivity contribution >= 4 is 40.7 Å². The standard InChI is InChI=1S/C18H23F2N3O3S.2ClH/c19-14-5-4-13(7-15(14)20)27(25,26)22-10-17-12-6-11(8-21-9-12)16-2-1-3-18(24)23(16)17;;/h4-5,7,11-12,16-17,21-22H,1-3,6,8-10H2;2*1H/t11-,12+,16+,17+;;/m1../s1. The van der Waals surface area contributed by atoms with Crippen LogP contribution in [-0.2, 0) is 14.8 Å². The maximum absolute atomic E-state index is 13.4. The third-order valence-electron chi connectivity index (χ3n) is 6.08. The van der Waals surface area contributed by atoms with Gasteiger partial charge in [-0.2, -0.15) is 0 Å². The fraction of sp³-hybridized carbons (Fsp3) is 0.611. The molecule has 0 saturated carbocycles. The number of benzene rings is 1. The smallest absolute Gasteiger partial charge is 0.240 e. The first-order valence-electron chi connectivity index (χ1n) is 9.33. The Morgan fingerprint density at radius 3 is 2.59 bits per heavy atom. The number of hydrogen-bond acceptors (Lipinski definition) is 4. The van der Waals surface area contributed by atoms with Crippen molar-refractivity contribution in [2.75, 3.05) is 19.6 Å². The normalized spacial score (nSPS) is 28.8. The van der Waals surface area contributed by atoms with Gasteiger partial charge in [0.25, 0.3) is 0 Å². The Kier molecular flexibility index (Phi) is 7.89. The largest absolute Gasteiger partial charge is 0.335 e. The SMILES string of the molecule is Cl.Cl.O=C1CCC[C@H]2[C@H]3CNC[C@H](C3)[C@H](CNS(=O)(=O)c3ccc(F)c(F)c3)N12. The molecule has 3 aliphatic heterocycles. The third-order valence-corrected chi connectivity index (χ3v) is 7.51. The van der Waals surface area contributed by atoms with Crippen LogP contribution in [0.1, 0.15) is 25.7 Å². The number of amides is 1. The molecular formula is C18H25Cl2F2N3O3S. The van der Waals surface area contributed by atoms with Crippen LogP contribution in [0.15, 0.2) is 23.1 Å². The number of rotatable bonds is 4. The second-order valence-electron chi connectivity index (χ2n) is 7.67. The summed E-state index contributed by atoms with van der Waals surface area (Å²) in [5.41, 5.74) is 0. The number of carbonyl (C=O) groups is 1. The Morgan fingerprint density at radius 1 is 1.14 bits per heavy atom. The van der Waals surface area contributed by atoms with E-state index in [0.717, 1.165) is 44.5 Å². The van der Waals surface area contributed by atoms with Crippen LogP contribution in [-0.4, -0.2) is 50.9 Å². The molecule has 3 heterocycles. The highest BCUT2D eigenvalue weighted by Crippen LogP contribution is 2.39. The van der Waals surface area contributed by atoms with Crippen molar-refractivity contribution in [1.82, 2.24) is 14.9 Å². The molecule has 0 aromatic heterocycles. The molecule has 3 fully saturated rings. The molecule has 1 aromatic carbocycles. The molecule has 11 heteroatoms. The van der Waals surface area contributed by atoms with Gasteiger partial charge >= 0.3 is 0 Å². The number of hydrogen-bond donors (Lipinski definition) is 2. The van der Waals surface area contributed by atoms with Crippen molar-refractivity contribution in [2.45, 2.75) is 42.7 Å². The molecule has 4 rings (SSSR count). The summed E-state index contributed by atoms with van der Waals surface area (Å²) in [7, 11) is -4.00. The first-order chi connectivity index (χ1) is 12.9.